The van der Waals surface area contributed by atoms with Gasteiger partial charge in [0, 0.05) is 5.56 Å². The monoisotopic (exact) mass is 415 g/mol. The number of rotatable bonds is 7. The molecule has 0 saturated carbocycles. The molecule has 0 bridgehead atoms. The molecular weight excluding hydrogens is 394 g/mol. The predicted molar refractivity (Wildman–Crippen MR) is 113 cm³/mol. The average Bonchev–Trinajstić information content (AvgIpc) is 3.14. The van der Waals surface area contributed by atoms with Crippen molar-refractivity contribution in [2.24, 2.45) is 5.92 Å². The number of benzene rings is 3. The summed E-state index contributed by atoms with van der Waals surface area (Å²) in [6.45, 7) is 0.0366. The fourth-order valence-corrected chi connectivity index (χ4v) is 3.54. The molecule has 6 nitrogen and oxygen atoms in total. The van der Waals surface area contributed by atoms with Gasteiger partial charge in [-0.1, -0.05) is 78.9 Å². The minimum absolute atomic E-state index is 0.0183. The molecule has 1 atom stereocenters. The molecule has 1 N–H and O–H groups in total. The number of esters is 2. The summed E-state index contributed by atoms with van der Waals surface area (Å²) < 4.78 is 10.9. The quantitative estimate of drug-likeness (QED) is 0.471. The fraction of sp³-hybridized carbons (Fsp3) is 0.160. The van der Waals surface area contributed by atoms with Gasteiger partial charge in [-0.3, -0.25) is 14.4 Å². The normalized spacial score (nSPS) is 14.6. The van der Waals surface area contributed by atoms with Crippen LogP contribution in [0.15, 0.2) is 84.9 Å². The maximum Gasteiger partial charge on any atom is 0.323 e. The molecule has 1 amide bonds. The number of carbonyl (C=O) groups is 3. The molecule has 4 rings (SSSR count). The summed E-state index contributed by atoms with van der Waals surface area (Å²) in [5, 5.41) is 2.74. The van der Waals surface area contributed by atoms with Crippen LogP contribution in [0.2, 0.25) is 0 Å². The van der Waals surface area contributed by atoms with Gasteiger partial charge in [-0.25, -0.2) is 0 Å². The highest BCUT2D eigenvalue weighted by Crippen LogP contribution is 2.33. The maximum atomic E-state index is 13.0. The van der Waals surface area contributed by atoms with Crippen molar-refractivity contribution in [2.45, 2.75) is 19.3 Å². The molecule has 31 heavy (non-hydrogen) atoms. The lowest BCUT2D eigenvalue weighted by Crippen LogP contribution is -2.38. The van der Waals surface area contributed by atoms with E-state index in [0.717, 1.165) is 11.1 Å². The van der Waals surface area contributed by atoms with Crippen molar-refractivity contribution in [1.82, 2.24) is 5.32 Å². The van der Waals surface area contributed by atoms with Crippen molar-refractivity contribution < 1.29 is 23.9 Å². The Morgan fingerprint density at radius 3 is 1.77 bits per heavy atom. The Morgan fingerprint density at radius 2 is 1.23 bits per heavy atom. The van der Waals surface area contributed by atoms with Crippen LogP contribution in [0, 0.1) is 5.92 Å². The number of amides is 1. The Bertz CT molecular complexity index is 1030. The third kappa shape index (κ3) is 4.64. The van der Waals surface area contributed by atoms with Crippen molar-refractivity contribution in [1.29, 1.82) is 0 Å². The van der Waals surface area contributed by atoms with E-state index in [4.69, 9.17) is 9.47 Å². The summed E-state index contributed by atoms with van der Waals surface area (Å²) in [6, 6.07) is 24.4. The minimum atomic E-state index is -1.32. The highest BCUT2D eigenvalue weighted by molar-refractivity contribution is 6.03. The Labute approximate surface area is 179 Å². The van der Waals surface area contributed by atoms with Crippen LogP contribution in [-0.2, 0) is 32.3 Å². The molecule has 1 aliphatic rings. The lowest BCUT2D eigenvalue weighted by atomic mass is 9.93. The summed E-state index contributed by atoms with van der Waals surface area (Å²) in [7, 11) is 0. The molecule has 3 aromatic rings. The van der Waals surface area contributed by atoms with Gasteiger partial charge in [-0.05, 0) is 22.8 Å². The molecular formula is C25H21NO5. The first kappa shape index (κ1) is 20.3. The zero-order valence-corrected chi connectivity index (χ0v) is 16.7. The number of ether oxygens (including phenoxy) is 2. The van der Waals surface area contributed by atoms with Crippen LogP contribution in [-0.4, -0.2) is 17.8 Å². The molecule has 0 fully saturated rings. The van der Waals surface area contributed by atoms with Gasteiger partial charge in [0.25, 0.3) is 5.91 Å². The molecule has 0 aliphatic carbocycles. The first-order valence-electron chi connectivity index (χ1n) is 9.94. The van der Waals surface area contributed by atoms with E-state index >= 15 is 0 Å². The van der Waals surface area contributed by atoms with Gasteiger partial charge in [0.2, 0.25) is 0 Å². The lowest BCUT2D eigenvalue weighted by molar-refractivity contribution is -0.165. The van der Waals surface area contributed by atoms with E-state index in [1.165, 1.54) is 0 Å². The molecule has 1 heterocycles. The summed E-state index contributed by atoms with van der Waals surface area (Å²) in [4.78, 5) is 38.4. The maximum absolute atomic E-state index is 13.0. The van der Waals surface area contributed by atoms with Crippen molar-refractivity contribution in [3.05, 3.63) is 107 Å². The van der Waals surface area contributed by atoms with E-state index in [1.807, 2.05) is 60.7 Å². The SMILES string of the molecule is O=C1N[C@H](C(C(=O)OCc2ccccc2)C(=O)OCc2ccccc2)c2ccccc21. The number of nitrogens with one attached hydrogen (secondary N) is 1. The molecule has 3 aromatic carbocycles. The topological polar surface area (TPSA) is 81.7 Å². The fourth-order valence-electron chi connectivity index (χ4n) is 3.54. The summed E-state index contributed by atoms with van der Waals surface area (Å²) in [6.07, 6.45) is 0. The zero-order chi connectivity index (χ0) is 21.6. The highest BCUT2D eigenvalue weighted by atomic mass is 16.6. The first-order chi connectivity index (χ1) is 15.1. The third-order valence-corrected chi connectivity index (χ3v) is 5.12. The number of carbonyl (C=O) groups excluding carboxylic acids is 3. The van der Waals surface area contributed by atoms with Gasteiger partial charge in [-0.2, -0.15) is 0 Å². The van der Waals surface area contributed by atoms with Crippen molar-refractivity contribution in [2.75, 3.05) is 0 Å². The van der Waals surface area contributed by atoms with Crippen LogP contribution >= 0.6 is 0 Å². The van der Waals surface area contributed by atoms with E-state index in [0.29, 0.717) is 11.1 Å². The van der Waals surface area contributed by atoms with E-state index in [9.17, 15) is 14.4 Å². The van der Waals surface area contributed by atoms with Crippen molar-refractivity contribution >= 4 is 17.8 Å². The van der Waals surface area contributed by atoms with Crippen LogP contribution in [0.3, 0.4) is 0 Å². The Hall–Kier alpha value is -3.93. The van der Waals surface area contributed by atoms with E-state index < -0.39 is 23.9 Å². The van der Waals surface area contributed by atoms with Crippen LogP contribution in [0.5, 0.6) is 0 Å². The number of fused-ring (bicyclic) bond motifs is 1. The van der Waals surface area contributed by atoms with Crippen LogP contribution in [0.1, 0.15) is 33.1 Å². The van der Waals surface area contributed by atoms with E-state index in [2.05, 4.69) is 5.32 Å². The minimum Gasteiger partial charge on any atom is -0.460 e. The average molecular weight is 415 g/mol. The van der Waals surface area contributed by atoms with Crippen molar-refractivity contribution in [3.63, 3.8) is 0 Å². The Balaban J connectivity index is 1.55. The molecule has 0 aromatic heterocycles. The van der Waals surface area contributed by atoms with Crippen LogP contribution in [0.4, 0.5) is 0 Å². The van der Waals surface area contributed by atoms with Gasteiger partial charge in [-0.15, -0.1) is 0 Å². The van der Waals surface area contributed by atoms with Crippen LogP contribution in [0.25, 0.3) is 0 Å². The van der Waals surface area contributed by atoms with E-state index in [1.54, 1.807) is 24.3 Å². The molecule has 0 unspecified atom stereocenters. The Kier molecular flexibility index (Phi) is 6.08. The van der Waals surface area contributed by atoms with Gasteiger partial charge < -0.3 is 14.8 Å². The van der Waals surface area contributed by atoms with Crippen LogP contribution < -0.4 is 5.32 Å². The first-order valence-corrected chi connectivity index (χ1v) is 9.94. The second-order valence-electron chi connectivity index (χ2n) is 7.20. The Morgan fingerprint density at radius 1 is 0.742 bits per heavy atom. The van der Waals surface area contributed by atoms with Crippen molar-refractivity contribution in [3.8, 4) is 0 Å². The smallest absolute Gasteiger partial charge is 0.323 e. The molecule has 0 spiro atoms. The third-order valence-electron chi connectivity index (χ3n) is 5.12. The summed E-state index contributed by atoms with van der Waals surface area (Å²) in [5.74, 6) is -3.15. The molecule has 1 aliphatic heterocycles. The predicted octanol–water partition coefficient (Wildman–Crippen LogP) is 3.57. The number of hydrogen-bond donors (Lipinski definition) is 1. The molecule has 0 radical (unpaired) electrons. The van der Waals surface area contributed by atoms with E-state index in [-0.39, 0.29) is 19.1 Å². The lowest BCUT2D eigenvalue weighted by Gasteiger charge is -2.21. The summed E-state index contributed by atoms with van der Waals surface area (Å²) in [5.41, 5.74) is 2.60. The standard InChI is InChI=1S/C25H21NO5/c27-23-20-14-8-7-13-19(20)22(26-23)21(24(28)30-15-17-9-3-1-4-10-17)25(29)31-16-18-11-5-2-6-12-18/h1-14,21-22H,15-16H2,(H,26,27)/t22-/m0/s1. The number of hydrogen-bond acceptors (Lipinski definition) is 5. The summed E-state index contributed by atoms with van der Waals surface area (Å²) >= 11 is 0. The van der Waals surface area contributed by atoms with Gasteiger partial charge >= 0.3 is 11.9 Å². The molecule has 156 valence electrons. The molecule has 0 saturated heterocycles. The largest absolute Gasteiger partial charge is 0.460 e. The van der Waals surface area contributed by atoms with Gasteiger partial charge in [0.05, 0.1) is 6.04 Å². The second-order valence-corrected chi connectivity index (χ2v) is 7.20. The zero-order valence-electron chi connectivity index (χ0n) is 16.7. The highest BCUT2D eigenvalue weighted by Gasteiger charge is 2.44. The van der Waals surface area contributed by atoms with Gasteiger partial charge in [0.1, 0.15) is 13.2 Å². The molecule has 6 heteroatoms. The van der Waals surface area contributed by atoms with Gasteiger partial charge in [0.15, 0.2) is 5.92 Å². The second kappa shape index (κ2) is 9.26.